The molecule has 0 radical (unpaired) electrons. The Bertz CT molecular complexity index is 749. The average Bonchev–Trinajstić information content (AvgIpc) is 3.34. The molecule has 2 aromatic rings. The van der Waals surface area contributed by atoms with Crippen molar-refractivity contribution in [3.63, 3.8) is 0 Å². The quantitative estimate of drug-likeness (QED) is 0.820. The molecule has 1 aliphatic heterocycles. The molecule has 2 aliphatic rings. The molecular formula is C21H27N3OS. The number of carbonyl (C=O) groups is 1. The zero-order chi connectivity index (χ0) is 18.2. The van der Waals surface area contributed by atoms with Crippen LogP contribution in [0.25, 0.3) is 0 Å². The van der Waals surface area contributed by atoms with E-state index in [-0.39, 0.29) is 11.4 Å². The van der Waals surface area contributed by atoms with E-state index in [0.29, 0.717) is 11.1 Å². The fraction of sp³-hybridized carbons (Fsp3) is 0.524. The number of likely N-dealkylation sites (tertiary alicyclic amines) is 1. The van der Waals surface area contributed by atoms with Crippen molar-refractivity contribution in [2.45, 2.75) is 37.6 Å². The minimum absolute atomic E-state index is 0.0881. The molecule has 26 heavy (non-hydrogen) atoms. The van der Waals surface area contributed by atoms with E-state index in [0.717, 1.165) is 19.5 Å². The normalized spacial score (nSPS) is 28.8. The molecule has 0 bridgehead atoms. The van der Waals surface area contributed by atoms with Gasteiger partial charge in [0, 0.05) is 24.2 Å². The van der Waals surface area contributed by atoms with Crippen molar-refractivity contribution < 1.29 is 4.79 Å². The Kier molecular flexibility index (Phi) is 4.61. The van der Waals surface area contributed by atoms with Crippen LogP contribution in [-0.2, 0) is 5.54 Å². The number of nitrogens with zero attached hydrogens (tertiary/aromatic N) is 3. The molecule has 2 aromatic heterocycles. The van der Waals surface area contributed by atoms with Gasteiger partial charge in [-0.1, -0.05) is 12.1 Å². The SMILES string of the molecule is CN(C)C1(c2cccs2)CCC2(CCN(C(=O)c3ccccn3)C2)CC1. The molecule has 0 N–H and O–H groups in total. The Labute approximate surface area is 159 Å². The summed E-state index contributed by atoms with van der Waals surface area (Å²) in [5.41, 5.74) is 1.03. The van der Waals surface area contributed by atoms with Crippen molar-refractivity contribution in [2.24, 2.45) is 5.41 Å². The Morgan fingerprint density at radius 2 is 1.92 bits per heavy atom. The van der Waals surface area contributed by atoms with Crippen LogP contribution >= 0.6 is 11.3 Å². The summed E-state index contributed by atoms with van der Waals surface area (Å²) >= 11 is 1.88. The average molecular weight is 370 g/mol. The van der Waals surface area contributed by atoms with Gasteiger partial charge in [-0.3, -0.25) is 14.7 Å². The first-order chi connectivity index (χ1) is 12.5. The highest BCUT2D eigenvalue weighted by Gasteiger charge is 2.48. The molecule has 2 fully saturated rings. The van der Waals surface area contributed by atoms with E-state index in [1.807, 2.05) is 34.4 Å². The van der Waals surface area contributed by atoms with Crippen LogP contribution in [0.3, 0.4) is 0 Å². The number of thiophene rings is 1. The summed E-state index contributed by atoms with van der Waals surface area (Å²) in [4.78, 5) is 22.9. The zero-order valence-corrected chi connectivity index (χ0v) is 16.5. The Balaban J connectivity index is 1.47. The smallest absolute Gasteiger partial charge is 0.272 e. The number of carbonyl (C=O) groups excluding carboxylic acids is 1. The number of aromatic nitrogens is 1. The lowest BCUT2D eigenvalue weighted by Crippen LogP contribution is -2.47. The van der Waals surface area contributed by atoms with Crippen LogP contribution < -0.4 is 0 Å². The monoisotopic (exact) mass is 369 g/mol. The van der Waals surface area contributed by atoms with Crippen molar-refractivity contribution in [2.75, 3.05) is 27.2 Å². The van der Waals surface area contributed by atoms with Gasteiger partial charge < -0.3 is 4.90 Å². The third kappa shape index (κ3) is 2.97. The van der Waals surface area contributed by atoms with Crippen LogP contribution in [-0.4, -0.2) is 47.9 Å². The number of rotatable bonds is 3. The topological polar surface area (TPSA) is 36.4 Å². The third-order valence-electron chi connectivity index (χ3n) is 6.58. The van der Waals surface area contributed by atoms with Crippen molar-refractivity contribution >= 4 is 17.2 Å². The second kappa shape index (κ2) is 6.78. The summed E-state index contributed by atoms with van der Waals surface area (Å²) in [6.07, 6.45) is 7.55. The van der Waals surface area contributed by atoms with Gasteiger partial charge >= 0.3 is 0 Å². The molecule has 1 saturated carbocycles. The highest BCUT2D eigenvalue weighted by molar-refractivity contribution is 7.10. The van der Waals surface area contributed by atoms with Gasteiger partial charge in [-0.05, 0) is 75.2 Å². The van der Waals surface area contributed by atoms with Gasteiger partial charge in [0.2, 0.25) is 0 Å². The second-order valence-electron chi connectivity index (χ2n) is 8.09. The second-order valence-corrected chi connectivity index (χ2v) is 9.04. The molecule has 1 amide bonds. The predicted molar refractivity (Wildman–Crippen MR) is 105 cm³/mol. The molecule has 4 nitrogen and oxygen atoms in total. The van der Waals surface area contributed by atoms with E-state index in [1.54, 1.807) is 6.20 Å². The lowest BCUT2D eigenvalue weighted by molar-refractivity contribution is 0.0393. The molecule has 1 saturated heterocycles. The fourth-order valence-corrected chi connectivity index (χ4v) is 5.89. The van der Waals surface area contributed by atoms with Crippen molar-refractivity contribution in [3.05, 3.63) is 52.5 Å². The molecular weight excluding hydrogens is 342 g/mol. The maximum atomic E-state index is 12.8. The summed E-state index contributed by atoms with van der Waals surface area (Å²) in [6.45, 7) is 1.75. The Hall–Kier alpha value is -1.72. The Morgan fingerprint density at radius 1 is 1.12 bits per heavy atom. The Morgan fingerprint density at radius 3 is 2.54 bits per heavy atom. The molecule has 4 rings (SSSR count). The first-order valence-electron chi connectivity index (χ1n) is 9.47. The molecule has 1 spiro atoms. The van der Waals surface area contributed by atoms with Gasteiger partial charge in [-0.2, -0.15) is 0 Å². The van der Waals surface area contributed by atoms with E-state index >= 15 is 0 Å². The van der Waals surface area contributed by atoms with Gasteiger partial charge in [0.05, 0.1) is 5.54 Å². The highest BCUT2D eigenvalue weighted by Crippen LogP contribution is 2.52. The van der Waals surface area contributed by atoms with E-state index in [9.17, 15) is 4.79 Å². The lowest BCUT2D eigenvalue weighted by Gasteiger charge is -2.48. The summed E-state index contributed by atoms with van der Waals surface area (Å²) in [7, 11) is 4.42. The molecule has 0 aromatic carbocycles. The van der Waals surface area contributed by atoms with Crippen LogP contribution in [0.15, 0.2) is 41.9 Å². The zero-order valence-electron chi connectivity index (χ0n) is 15.6. The van der Waals surface area contributed by atoms with Gasteiger partial charge in [0.15, 0.2) is 0 Å². The van der Waals surface area contributed by atoms with Gasteiger partial charge in [-0.25, -0.2) is 0 Å². The van der Waals surface area contributed by atoms with E-state index in [1.165, 1.54) is 30.6 Å². The minimum atomic E-state index is 0.0881. The molecule has 3 heterocycles. The summed E-state index contributed by atoms with van der Waals surface area (Å²) in [5.74, 6) is 0.0881. The lowest BCUT2D eigenvalue weighted by atomic mass is 9.66. The summed E-state index contributed by atoms with van der Waals surface area (Å²) < 4.78 is 0. The van der Waals surface area contributed by atoms with Gasteiger partial charge in [0.1, 0.15) is 5.69 Å². The molecule has 0 unspecified atom stereocenters. The highest BCUT2D eigenvalue weighted by atomic mass is 32.1. The maximum absolute atomic E-state index is 12.8. The van der Waals surface area contributed by atoms with Crippen LogP contribution in [0.5, 0.6) is 0 Å². The number of amides is 1. The first kappa shape index (κ1) is 17.7. The number of pyridine rings is 1. The van der Waals surface area contributed by atoms with Crippen molar-refractivity contribution in [1.29, 1.82) is 0 Å². The molecule has 1 aliphatic carbocycles. The van der Waals surface area contributed by atoms with Crippen LogP contribution in [0.2, 0.25) is 0 Å². The van der Waals surface area contributed by atoms with Crippen molar-refractivity contribution in [1.82, 2.24) is 14.8 Å². The predicted octanol–water partition coefficient (Wildman–Crippen LogP) is 4.01. The van der Waals surface area contributed by atoms with Crippen LogP contribution in [0.4, 0.5) is 0 Å². The summed E-state index contributed by atoms with van der Waals surface area (Å²) in [5, 5.41) is 2.19. The van der Waals surface area contributed by atoms with Gasteiger partial charge in [0.25, 0.3) is 5.91 Å². The molecule has 5 heteroatoms. The maximum Gasteiger partial charge on any atom is 0.272 e. The third-order valence-corrected chi connectivity index (χ3v) is 7.65. The number of hydrogen-bond acceptors (Lipinski definition) is 4. The van der Waals surface area contributed by atoms with Gasteiger partial charge in [-0.15, -0.1) is 11.3 Å². The van der Waals surface area contributed by atoms with E-state index in [2.05, 4.69) is 41.5 Å². The van der Waals surface area contributed by atoms with Crippen LogP contribution in [0.1, 0.15) is 47.5 Å². The van der Waals surface area contributed by atoms with E-state index in [4.69, 9.17) is 0 Å². The van der Waals surface area contributed by atoms with Crippen molar-refractivity contribution in [3.8, 4) is 0 Å². The molecule has 138 valence electrons. The number of hydrogen-bond donors (Lipinski definition) is 0. The van der Waals surface area contributed by atoms with E-state index < -0.39 is 0 Å². The minimum Gasteiger partial charge on any atom is -0.337 e. The first-order valence-corrected chi connectivity index (χ1v) is 10.3. The fourth-order valence-electron chi connectivity index (χ4n) is 4.82. The largest absolute Gasteiger partial charge is 0.337 e. The summed E-state index contributed by atoms with van der Waals surface area (Å²) in [6, 6.07) is 10.0. The van der Waals surface area contributed by atoms with Crippen LogP contribution in [0, 0.1) is 5.41 Å². The standard InChI is InChI=1S/C21H27N3OS/c1-23(2)21(18-7-5-15-26-18)10-8-20(9-11-21)12-14-24(16-20)19(25)17-6-3-4-13-22-17/h3-7,13,15H,8-12,14,16H2,1-2H3. The molecule has 0 atom stereocenters.